The Morgan fingerprint density at radius 3 is 2.37 bits per heavy atom. The van der Waals surface area contributed by atoms with Gasteiger partial charge in [-0.3, -0.25) is 4.90 Å². The Morgan fingerprint density at radius 1 is 1.02 bits per heavy atom. The smallest absolute Gasteiger partial charge is 0.340 e. The highest BCUT2D eigenvalue weighted by atomic mass is 35.5. The number of ether oxygens (including phenoxy) is 1. The molecule has 7 heteroatoms. The van der Waals surface area contributed by atoms with Crippen LogP contribution in [0, 0.1) is 20.8 Å². The number of nitrogens with zero attached hydrogens (tertiary/aromatic N) is 2. The van der Waals surface area contributed by atoms with Crippen LogP contribution in [0.4, 0.5) is 0 Å². The van der Waals surface area contributed by atoms with Crippen LogP contribution in [0.2, 0.25) is 0 Å². The quantitative estimate of drug-likeness (QED) is 0.150. The number of carbonyl (C=O) groups is 1. The van der Waals surface area contributed by atoms with Crippen LogP contribution in [0.1, 0.15) is 71.1 Å². The number of phenols is 1. The van der Waals surface area contributed by atoms with Gasteiger partial charge in [-0.1, -0.05) is 53.6 Å². The molecule has 5 nitrogen and oxygen atoms in total. The summed E-state index contributed by atoms with van der Waals surface area (Å²) in [5, 5.41) is 12.1. The van der Waals surface area contributed by atoms with Crippen LogP contribution >= 0.6 is 24.2 Å². The maximum atomic E-state index is 13.6. The Bertz CT molecular complexity index is 1640. The van der Waals surface area contributed by atoms with Gasteiger partial charge in [0.15, 0.2) is 0 Å². The molecule has 0 fully saturated rings. The number of phenolic OH excluding ortho intramolecular Hbond substituents is 1. The molecule has 4 aromatic rings. The summed E-state index contributed by atoms with van der Waals surface area (Å²) in [4.78, 5) is 17.2. The van der Waals surface area contributed by atoms with E-state index in [1.807, 2.05) is 6.92 Å². The fraction of sp³-hybridized carbons (Fsp3) is 0.361. The minimum Gasteiger partial charge on any atom is -0.507 e. The van der Waals surface area contributed by atoms with E-state index in [4.69, 9.17) is 4.74 Å². The number of aromatic hydroxyl groups is 1. The van der Waals surface area contributed by atoms with Crippen LogP contribution in [0.25, 0.3) is 16.5 Å². The van der Waals surface area contributed by atoms with Gasteiger partial charge in [-0.2, -0.15) is 0 Å². The predicted molar refractivity (Wildman–Crippen MR) is 182 cm³/mol. The van der Waals surface area contributed by atoms with Crippen molar-refractivity contribution in [2.24, 2.45) is 0 Å². The van der Waals surface area contributed by atoms with Gasteiger partial charge in [0.1, 0.15) is 5.75 Å². The van der Waals surface area contributed by atoms with Gasteiger partial charge in [0.25, 0.3) is 0 Å². The fourth-order valence-corrected chi connectivity index (χ4v) is 6.88. The molecule has 1 N–H and O–H groups in total. The molecular formula is C36H43ClN2O3S. The third-order valence-corrected chi connectivity index (χ3v) is 9.43. The van der Waals surface area contributed by atoms with E-state index in [1.54, 1.807) is 17.8 Å². The molecule has 1 aromatic heterocycles. The lowest BCUT2D eigenvalue weighted by atomic mass is 9.96. The number of halogens is 1. The number of aryl methyl sites for hydroxylation is 3. The van der Waals surface area contributed by atoms with Crippen molar-refractivity contribution in [2.75, 3.05) is 19.7 Å². The second-order valence-electron chi connectivity index (χ2n) is 11.6. The second kappa shape index (κ2) is 14.1. The summed E-state index contributed by atoms with van der Waals surface area (Å²) >= 11 is 1.73. The average Bonchev–Trinajstić information content (AvgIpc) is 3.25. The number of aromatic nitrogens is 1. The van der Waals surface area contributed by atoms with Crippen LogP contribution < -0.4 is 0 Å². The molecule has 0 saturated heterocycles. The van der Waals surface area contributed by atoms with Crippen molar-refractivity contribution in [1.82, 2.24) is 9.47 Å². The first-order chi connectivity index (χ1) is 20.2. The van der Waals surface area contributed by atoms with E-state index in [1.165, 1.54) is 21.6 Å². The molecule has 43 heavy (non-hydrogen) atoms. The van der Waals surface area contributed by atoms with E-state index in [0.717, 1.165) is 52.8 Å². The van der Waals surface area contributed by atoms with Crippen LogP contribution in [-0.4, -0.2) is 46.3 Å². The third kappa shape index (κ3) is 7.14. The molecule has 0 amide bonds. The monoisotopic (exact) mass is 618 g/mol. The Labute approximate surface area is 266 Å². The molecule has 0 radical (unpaired) electrons. The van der Waals surface area contributed by atoms with Crippen molar-refractivity contribution in [1.29, 1.82) is 0 Å². The molecule has 3 aromatic carbocycles. The van der Waals surface area contributed by atoms with Gasteiger partial charge in [-0.15, -0.1) is 24.2 Å². The van der Waals surface area contributed by atoms with Gasteiger partial charge >= 0.3 is 5.97 Å². The molecule has 0 aliphatic carbocycles. The summed E-state index contributed by atoms with van der Waals surface area (Å²) in [6.45, 7) is 15.3. The number of carbonyl (C=O) groups excluding carboxylic acids is 1. The maximum absolute atomic E-state index is 13.6. The Kier molecular flexibility index (Phi) is 10.7. The highest BCUT2D eigenvalue weighted by molar-refractivity contribution is 7.98. The van der Waals surface area contributed by atoms with Crippen molar-refractivity contribution in [2.45, 2.75) is 71.2 Å². The normalized spacial score (nSPS) is 13.7. The molecule has 0 spiro atoms. The summed E-state index contributed by atoms with van der Waals surface area (Å²) in [5.74, 6) is 0.456. The highest BCUT2D eigenvalue weighted by Gasteiger charge is 2.27. The van der Waals surface area contributed by atoms with Crippen molar-refractivity contribution >= 4 is 46.6 Å². The largest absolute Gasteiger partial charge is 0.507 e. The zero-order chi connectivity index (χ0) is 30.0. The van der Waals surface area contributed by atoms with Crippen molar-refractivity contribution in [3.05, 3.63) is 99.7 Å². The van der Waals surface area contributed by atoms with E-state index in [-0.39, 0.29) is 30.7 Å². The number of fused-ring (bicyclic) bond motifs is 1. The zero-order valence-electron chi connectivity index (χ0n) is 26.1. The molecule has 0 bridgehead atoms. The molecule has 1 aliphatic heterocycles. The maximum Gasteiger partial charge on any atom is 0.340 e. The van der Waals surface area contributed by atoms with E-state index < -0.39 is 0 Å². The zero-order valence-corrected chi connectivity index (χ0v) is 27.7. The topological polar surface area (TPSA) is 54.7 Å². The summed E-state index contributed by atoms with van der Waals surface area (Å²) in [6, 6.07) is 19.4. The van der Waals surface area contributed by atoms with Gasteiger partial charge in [0.2, 0.25) is 0 Å². The number of esters is 1. The first-order valence-corrected chi connectivity index (χ1v) is 15.9. The van der Waals surface area contributed by atoms with Crippen LogP contribution in [0.5, 0.6) is 5.75 Å². The van der Waals surface area contributed by atoms with Crippen LogP contribution in [0.15, 0.2) is 65.6 Å². The Hall–Kier alpha value is -3.19. The predicted octanol–water partition coefficient (Wildman–Crippen LogP) is 8.71. The summed E-state index contributed by atoms with van der Waals surface area (Å²) in [5.41, 5.74) is 9.21. The summed E-state index contributed by atoms with van der Waals surface area (Å²) in [7, 11) is 0. The van der Waals surface area contributed by atoms with Crippen molar-refractivity contribution in [3.63, 3.8) is 0 Å². The van der Waals surface area contributed by atoms with Gasteiger partial charge < -0.3 is 14.4 Å². The van der Waals surface area contributed by atoms with E-state index in [2.05, 4.69) is 98.7 Å². The molecule has 0 saturated carbocycles. The van der Waals surface area contributed by atoms with Gasteiger partial charge in [-0.05, 0) is 82.9 Å². The van der Waals surface area contributed by atoms with Crippen molar-refractivity contribution < 1.29 is 14.6 Å². The second-order valence-corrected chi connectivity index (χ2v) is 12.6. The SMILES string of the molecule is CCOC(=O)c1c(CSc2ccc(C)cc2C)n(Cc2ccc(C)cc2)c2cc(C3=CCN(C(C)C)CC3)c(O)cc12.Cl. The van der Waals surface area contributed by atoms with Crippen molar-refractivity contribution in [3.8, 4) is 5.75 Å². The lowest BCUT2D eigenvalue weighted by molar-refractivity contribution is 0.0527. The number of benzene rings is 3. The molecule has 228 valence electrons. The van der Waals surface area contributed by atoms with Gasteiger partial charge in [0.05, 0.1) is 17.7 Å². The lowest BCUT2D eigenvalue weighted by Crippen LogP contribution is -2.34. The third-order valence-electron chi connectivity index (χ3n) is 8.24. The fourth-order valence-electron chi connectivity index (χ4n) is 5.84. The molecule has 1 aliphatic rings. The lowest BCUT2D eigenvalue weighted by Gasteiger charge is -2.30. The Balaban J connectivity index is 0.00000423. The first-order valence-electron chi connectivity index (χ1n) is 14.9. The first kappa shape index (κ1) is 32.7. The molecule has 5 rings (SSSR count). The summed E-state index contributed by atoms with van der Waals surface area (Å²) in [6.07, 6.45) is 3.11. The average molecular weight is 619 g/mol. The highest BCUT2D eigenvalue weighted by Crippen LogP contribution is 2.39. The standard InChI is InChI=1S/C36H42N2O3S.ClH/c1-7-41-36(40)35-30-20-33(39)29(28-14-16-37(17-15-28)23(2)3)19-31(30)38(21-27-11-8-24(4)9-12-27)32(35)22-42-34-13-10-25(5)18-26(34)6;/h8-14,18-20,23,39H,7,15-17,21-22H2,1-6H3;1H. The minimum absolute atomic E-state index is 0. The number of rotatable bonds is 9. The molecule has 0 atom stereocenters. The Morgan fingerprint density at radius 2 is 1.74 bits per heavy atom. The summed E-state index contributed by atoms with van der Waals surface area (Å²) < 4.78 is 7.87. The minimum atomic E-state index is -0.349. The van der Waals surface area contributed by atoms with E-state index in [0.29, 0.717) is 23.9 Å². The van der Waals surface area contributed by atoms with Gasteiger partial charge in [-0.25, -0.2) is 4.79 Å². The molecule has 2 heterocycles. The number of hydrogen-bond donors (Lipinski definition) is 1. The van der Waals surface area contributed by atoms with E-state index >= 15 is 0 Å². The van der Waals surface area contributed by atoms with Crippen LogP contribution in [-0.2, 0) is 17.0 Å². The molecule has 0 unspecified atom stereocenters. The van der Waals surface area contributed by atoms with Gasteiger partial charge in [0, 0.05) is 53.0 Å². The molecular weight excluding hydrogens is 576 g/mol. The van der Waals surface area contributed by atoms with E-state index in [9.17, 15) is 9.90 Å². The number of thioether (sulfide) groups is 1. The number of hydrogen-bond acceptors (Lipinski definition) is 5. The van der Waals surface area contributed by atoms with Crippen LogP contribution in [0.3, 0.4) is 0 Å².